The Bertz CT molecular complexity index is 686. The van der Waals surface area contributed by atoms with Gasteiger partial charge in [0.05, 0.1) is 4.88 Å². The number of imide groups is 1. The van der Waals surface area contributed by atoms with E-state index in [2.05, 4.69) is 17.7 Å². The van der Waals surface area contributed by atoms with E-state index in [4.69, 9.17) is 0 Å². The molecule has 0 saturated carbocycles. The number of hydrazine groups is 1. The van der Waals surface area contributed by atoms with Crippen molar-refractivity contribution in [1.29, 1.82) is 0 Å². The normalized spacial score (nSPS) is 19.8. The molecule has 2 N–H and O–H groups in total. The fraction of sp³-hybridized carbons (Fsp3) is 0.632. The largest absolute Gasteiger partial charge is 0.344 e. The van der Waals surface area contributed by atoms with E-state index in [0.717, 1.165) is 47.6 Å². The Kier molecular flexibility index (Phi) is 6.81. The zero-order chi connectivity index (χ0) is 19.3. The number of nitrogens with zero attached hydrogens (tertiary/aromatic N) is 1. The van der Waals surface area contributed by atoms with Gasteiger partial charge >= 0.3 is 6.03 Å². The fourth-order valence-electron chi connectivity index (χ4n) is 3.18. The lowest BCUT2D eigenvalue weighted by Crippen LogP contribution is -2.48. The maximum absolute atomic E-state index is 12.7. The maximum atomic E-state index is 12.7. The maximum Gasteiger partial charge on any atom is 0.344 e. The molecule has 1 atom stereocenters. The molecule has 0 spiro atoms. The van der Waals surface area contributed by atoms with Crippen molar-refractivity contribution in [1.82, 2.24) is 15.8 Å². The van der Waals surface area contributed by atoms with Crippen LogP contribution in [-0.2, 0) is 11.2 Å². The van der Waals surface area contributed by atoms with Gasteiger partial charge in [0.15, 0.2) is 0 Å². The van der Waals surface area contributed by atoms with Gasteiger partial charge in [-0.25, -0.2) is 4.79 Å². The predicted molar refractivity (Wildman–Crippen MR) is 103 cm³/mol. The van der Waals surface area contributed by atoms with Gasteiger partial charge in [0.1, 0.15) is 5.54 Å². The highest BCUT2D eigenvalue weighted by Gasteiger charge is 2.48. The molecule has 2 heterocycles. The van der Waals surface area contributed by atoms with Crippen LogP contribution in [0.3, 0.4) is 0 Å². The zero-order valence-electron chi connectivity index (χ0n) is 16.1. The highest BCUT2D eigenvalue weighted by atomic mass is 32.1. The monoisotopic (exact) mass is 379 g/mol. The Morgan fingerprint density at radius 1 is 1.23 bits per heavy atom. The number of aryl methyl sites for hydroxylation is 2. The van der Waals surface area contributed by atoms with Crippen LogP contribution in [0.15, 0.2) is 6.07 Å². The van der Waals surface area contributed by atoms with E-state index in [9.17, 15) is 14.4 Å². The Hall–Kier alpha value is -1.89. The Morgan fingerprint density at radius 2 is 1.92 bits per heavy atom. The number of hydrogen-bond acceptors (Lipinski definition) is 4. The van der Waals surface area contributed by atoms with Gasteiger partial charge < -0.3 is 5.32 Å². The summed E-state index contributed by atoms with van der Waals surface area (Å²) < 4.78 is 0. The zero-order valence-corrected chi connectivity index (χ0v) is 16.9. The van der Waals surface area contributed by atoms with E-state index in [-0.39, 0.29) is 0 Å². The molecule has 1 aliphatic rings. The number of amides is 4. The molecule has 0 bridgehead atoms. The molecular weight excluding hydrogens is 350 g/mol. The fourth-order valence-corrected chi connectivity index (χ4v) is 4.18. The van der Waals surface area contributed by atoms with Crippen LogP contribution in [0.5, 0.6) is 0 Å². The Balaban J connectivity index is 1.98. The first-order valence-corrected chi connectivity index (χ1v) is 10.2. The number of thiophene rings is 1. The van der Waals surface area contributed by atoms with Crippen molar-refractivity contribution in [3.8, 4) is 0 Å². The van der Waals surface area contributed by atoms with E-state index in [1.165, 1.54) is 17.8 Å². The van der Waals surface area contributed by atoms with E-state index < -0.39 is 23.4 Å². The van der Waals surface area contributed by atoms with Crippen molar-refractivity contribution < 1.29 is 14.4 Å². The van der Waals surface area contributed by atoms with Crippen LogP contribution in [0.1, 0.15) is 79.4 Å². The summed E-state index contributed by atoms with van der Waals surface area (Å²) in [6, 6.07) is 1.25. The minimum atomic E-state index is -0.948. The molecule has 7 heteroatoms. The SMILES string of the molecule is CCCCCCCC1(C)NC(=O)N(NC(=O)c2cc(CC)c(C)s2)C1=O. The molecule has 0 aliphatic carbocycles. The molecule has 1 saturated heterocycles. The van der Waals surface area contributed by atoms with Crippen molar-refractivity contribution in [2.45, 2.75) is 78.2 Å². The van der Waals surface area contributed by atoms with E-state index in [0.29, 0.717) is 11.3 Å². The smallest absolute Gasteiger partial charge is 0.322 e. The van der Waals surface area contributed by atoms with Gasteiger partial charge in [-0.3, -0.25) is 15.0 Å². The summed E-state index contributed by atoms with van der Waals surface area (Å²) in [5, 5.41) is 3.56. The number of hydrogen-bond donors (Lipinski definition) is 2. The number of nitrogens with one attached hydrogen (secondary N) is 2. The number of rotatable bonds is 9. The standard InChI is InChI=1S/C19H29N3O3S/c1-5-7-8-9-10-11-19(4)17(24)22(18(25)20-19)21-16(23)15-12-14(6-2)13(3)26-15/h12H,5-11H2,1-4H3,(H,20,25)(H,21,23). The second-order valence-electron chi connectivity index (χ2n) is 7.05. The lowest BCUT2D eigenvalue weighted by atomic mass is 9.94. The highest BCUT2D eigenvalue weighted by Crippen LogP contribution is 2.25. The first-order valence-electron chi connectivity index (χ1n) is 9.39. The lowest BCUT2D eigenvalue weighted by molar-refractivity contribution is -0.132. The predicted octanol–water partition coefficient (Wildman–Crippen LogP) is 3.93. The molecule has 144 valence electrons. The third-order valence-electron chi connectivity index (χ3n) is 4.88. The van der Waals surface area contributed by atoms with Crippen molar-refractivity contribution >= 4 is 29.2 Å². The van der Waals surface area contributed by atoms with E-state index in [1.807, 2.05) is 19.9 Å². The van der Waals surface area contributed by atoms with E-state index >= 15 is 0 Å². The van der Waals surface area contributed by atoms with Crippen LogP contribution >= 0.6 is 11.3 Å². The molecule has 26 heavy (non-hydrogen) atoms. The molecule has 1 unspecified atom stereocenters. The summed E-state index contributed by atoms with van der Waals surface area (Å²) in [7, 11) is 0. The quantitative estimate of drug-likeness (QED) is 0.504. The molecule has 4 amide bonds. The summed E-state index contributed by atoms with van der Waals surface area (Å²) in [6.07, 6.45) is 6.79. The molecule has 2 rings (SSSR count). The Morgan fingerprint density at radius 3 is 2.54 bits per heavy atom. The third-order valence-corrected chi connectivity index (χ3v) is 5.97. The first kappa shape index (κ1) is 20.4. The van der Waals surface area contributed by atoms with Crippen LogP contribution < -0.4 is 10.7 Å². The van der Waals surface area contributed by atoms with Gasteiger partial charge in [0.25, 0.3) is 11.8 Å². The second-order valence-corrected chi connectivity index (χ2v) is 8.31. The van der Waals surface area contributed by atoms with Crippen molar-refractivity contribution in [3.63, 3.8) is 0 Å². The first-order chi connectivity index (χ1) is 12.3. The van der Waals surface area contributed by atoms with Crippen LogP contribution in [0.25, 0.3) is 0 Å². The van der Waals surface area contributed by atoms with Crippen molar-refractivity contribution in [2.75, 3.05) is 0 Å². The molecular formula is C19H29N3O3S. The summed E-state index contributed by atoms with van der Waals surface area (Å²) in [6.45, 7) is 7.87. The van der Waals surface area contributed by atoms with Crippen molar-refractivity contribution in [3.05, 3.63) is 21.4 Å². The molecule has 1 aliphatic heterocycles. The van der Waals surface area contributed by atoms with Gasteiger partial charge in [-0.2, -0.15) is 5.01 Å². The summed E-state index contributed by atoms with van der Waals surface area (Å²) in [5.41, 5.74) is 2.63. The van der Waals surface area contributed by atoms with Gasteiger partial charge in [0.2, 0.25) is 0 Å². The van der Waals surface area contributed by atoms with E-state index in [1.54, 1.807) is 6.92 Å². The lowest BCUT2D eigenvalue weighted by Gasteiger charge is -2.21. The Labute approximate surface area is 159 Å². The minimum Gasteiger partial charge on any atom is -0.322 e. The minimum absolute atomic E-state index is 0.393. The third kappa shape index (κ3) is 4.44. The highest BCUT2D eigenvalue weighted by molar-refractivity contribution is 7.14. The number of carbonyl (C=O) groups is 3. The molecule has 6 nitrogen and oxygen atoms in total. The molecule has 1 aromatic heterocycles. The molecule has 0 radical (unpaired) electrons. The van der Waals surface area contributed by atoms with Crippen LogP contribution in [0.2, 0.25) is 0 Å². The van der Waals surface area contributed by atoms with Gasteiger partial charge in [-0.1, -0.05) is 46.0 Å². The summed E-state index contributed by atoms with van der Waals surface area (Å²) >= 11 is 1.37. The summed E-state index contributed by atoms with van der Waals surface area (Å²) in [4.78, 5) is 38.9. The summed E-state index contributed by atoms with van der Waals surface area (Å²) in [5.74, 6) is -0.816. The van der Waals surface area contributed by atoms with Crippen LogP contribution in [-0.4, -0.2) is 28.4 Å². The number of urea groups is 1. The van der Waals surface area contributed by atoms with Crippen molar-refractivity contribution in [2.24, 2.45) is 0 Å². The average molecular weight is 380 g/mol. The van der Waals surface area contributed by atoms with Gasteiger partial charge in [0, 0.05) is 4.88 Å². The molecule has 0 aromatic carbocycles. The average Bonchev–Trinajstić information content (AvgIpc) is 3.08. The van der Waals surface area contributed by atoms with Gasteiger partial charge in [-0.15, -0.1) is 11.3 Å². The van der Waals surface area contributed by atoms with Crippen LogP contribution in [0.4, 0.5) is 4.79 Å². The van der Waals surface area contributed by atoms with Gasteiger partial charge in [-0.05, 0) is 38.3 Å². The second kappa shape index (κ2) is 8.66. The number of unbranched alkanes of at least 4 members (excludes halogenated alkanes) is 4. The topological polar surface area (TPSA) is 78.5 Å². The molecule has 1 aromatic rings. The van der Waals surface area contributed by atoms with Crippen LogP contribution in [0, 0.1) is 6.92 Å². The molecule has 1 fully saturated rings. The number of carbonyl (C=O) groups excluding carboxylic acids is 3.